The molecule has 2 fully saturated rings. The van der Waals surface area contributed by atoms with Crippen LogP contribution in [-0.4, -0.2) is 75.2 Å². The smallest absolute Gasteiger partial charge is 0.225 e. The first-order valence-corrected chi connectivity index (χ1v) is 11.9. The van der Waals surface area contributed by atoms with Crippen molar-refractivity contribution in [2.24, 2.45) is 11.8 Å². The molecule has 0 unspecified atom stereocenters. The van der Waals surface area contributed by atoms with Gasteiger partial charge in [0.1, 0.15) is 0 Å². The highest BCUT2D eigenvalue weighted by Gasteiger charge is 2.33. The summed E-state index contributed by atoms with van der Waals surface area (Å²) in [5.41, 5.74) is 0.804. The Labute approximate surface area is 169 Å². The molecule has 156 valence electrons. The summed E-state index contributed by atoms with van der Waals surface area (Å²) >= 11 is 0. The Morgan fingerprint density at radius 2 is 1.64 bits per heavy atom. The standard InChI is InChI=1S/C21H33N3O3S/c1-22-12-8-18(9-13-22)16-23(2)21(25)20-10-14-24(15-11-20)28(26,27)17-19-6-4-3-5-7-19/h3-7,18,20H,8-17H2,1-2H3. The van der Waals surface area contributed by atoms with Crippen molar-refractivity contribution in [3.63, 3.8) is 0 Å². The number of carbonyl (C=O) groups excluding carboxylic acids is 1. The van der Waals surface area contributed by atoms with Crippen molar-refractivity contribution in [3.8, 4) is 0 Å². The molecule has 0 bridgehead atoms. The van der Waals surface area contributed by atoms with Crippen LogP contribution in [0.1, 0.15) is 31.2 Å². The van der Waals surface area contributed by atoms with Crippen LogP contribution in [0.3, 0.4) is 0 Å². The first-order chi connectivity index (χ1) is 13.3. The van der Waals surface area contributed by atoms with E-state index in [4.69, 9.17) is 0 Å². The number of sulfonamides is 1. The number of amides is 1. The molecule has 0 atom stereocenters. The second-order valence-corrected chi connectivity index (χ2v) is 10.3. The van der Waals surface area contributed by atoms with Gasteiger partial charge in [0.2, 0.25) is 15.9 Å². The number of hydrogen-bond donors (Lipinski definition) is 0. The summed E-state index contributed by atoms with van der Waals surface area (Å²) in [5, 5.41) is 0. The molecular formula is C21H33N3O3S. The van der Waals surface area contributed by atoms with E-state index in [2.05, 4.69) is 11.9 Å². The van der Waals surface area contributed by atoms with Gasteiger partial charge in [-0.25, -0.2) is 12.7 Å². The molecular weight excluding hydrogens is 374 g/mol. The first kappa shape index (κ1) is 21.3. The lowest BCUT2D eigenvalue weighted by Crippen LogP contribution is -2.45. The Balaban J connectivity index is 1.48. The van der Waals surface area contributed by atoms with Gasteiger partial charge >= 0.3 is 0 Å². The van der Waals surface area contributed by atoms with Gasteiger partial charge in [0.15, 0.2) is 0 Å². The van der Waals surface area contributed by atoms with Crippen LogP contribution in [-0.2, 0) is 20.6 Å². The third-order valence-corrected chi connectivity index (χ3v) is 7.98. The van der Waals surface area contributed by atoms with Crippen LogP contribution < -0.4 is 0 Å². The number of likely N-dealkylation sites (tertiary alicyclic amines) is 1. The van der Waals surface area contributed by atoms with Crippen LogP contribution in [0.25, 0.3) is 0 Å². The van der Waals surface area contributed by atoms with E-state index in [9.17, 15) is 13.2 Å². The minimum atomic E-state index is -3.33. The minimum Gasteiger partial charge on any atom is -0.345 e. The van der Waals surface area contributed by atoms with Crippen LogP contribution in [0.2, 0.25) is 0 Å². The monoisotopic (exact) mass is 407 g/mol. The molecule has 7 heteroatoms. The predicted octanol–water partition coefficient (Wildman–Crippen LogP) is 2.03. The number of hydrogen-bond acceptors (Lipinski definition) is 4. The lowest BCUT2D eigenvalue weighted by atomic mass is 9.94. The summed E-state index contributed by atoms with van der Waals surface area (Å²) in [6.07, 6.45) is 3.52. The largest absolute Gasteiger partial charge is 0.345 e. The van der Waals surface area contributed by atoms with Crippen LogP contribution in [0, 0.1) is 11.8 Å². The van der Waals surface area contributed by atoms with E-state index in [1.807, 2.05) is 42.3 Å². The van der Waals surface area contributed by atoms with Gasteiger partial charge in [-0.15, -0.1) is 0 Å². The van der Waals surface area contributed by atoms with Gasteiger partial charge < -0.3 is 9.80 Å². The topological polar surface area (TPSA) is 60.9 Å². The molecule has 2 saturated heterocycles. The zero-order valence-electron chi connectivity index (χ0n) is 17.1. The molecule has 1 amide bonds. The molecule has 28 heavy (non-hydrogen) atoms. The van der Waals surface area contributed by atoms with Crippen molar-refractivity contribution in [3.05, 3.63) is 35.9 Å². The van der Waals surface area contributed by atoms with Crippen molar-refractivity contribution >= 4 is 15.9 Å². The third kappa shape index (κ3) is 5.55. The molecule has 2 aliphatic heterocycles. The van der Waals surface area contributed by atoms with E-state index >= 15 is 0 Å². The van der Waals surface area contributed by atoms with Crippen LogP contribution in [0.5, 0.6) is 0 Å². The fourth-order valence-corrected chi connectivity index (χ4v) is 5.85. The average Bonchev–Trinajstić information content (AvgIpc) is 2.69. The zero-order valence-corrected chi connectivity index (χ0v) is 17.9. The van der Waals surface area contributed by atoms with Gasteiger partial charge in [0, 0.05) is 32.6 Å². The fourth-order valence-electron chi connectivity index (χ4n) is 4.29. The van der Waals surface area contributed by atoms with Gasteiger partial charge in [0.25, 0.3) is 0 Å². The van der Waals surface area contributed by atoms with Gasteiger partial charge in [-0.2, -0.15) is 0 Å². The quantitative estimate of drug-likeness (QED) is 0.724. The Morgan fingerprint density at radius 1 is 1.04 bits per heavy atom. The van der Waals surface area contributed by atoms with Crippen LogP contribution in [0.15, 0.2) is 30.3 Å². The van der Waals surface area contributed by atoms with E-state index in [0.29, 0.717) is 31.8 Å². The van der Waals surface area contributed by atoms with Crippen molar-refractivity contribution in [1.29, 1.82) is 0 Å². The molecule has 1 aromatic carbocycles. The van der Waals surface area contributed by atoms with Crippen molar-refractivity contribution in [2.45, 2.75) is 31.4 Å². The maximum Gasteiger partial charge on any atom is 0.225 e. The summed E-state index contributed by atoms with van der Waals surface area (Å²) in [5.74, 6) is 0.734. The van der Waals surface area contributed by atoms with Gasteiger partial charge in [-0.3, -0.25) is 4.79 Å². The summed E-state index contributed by atoms with van der Waals surface area (Å²) in [6, 6.07) is 9.28. The second-order valence-electron chi connectivity index (χ2n) is 8.38. The van der Waals surface area contributed by atoms with Gasteiger partial charge in [0.05, 0.1) is 5.75 Å². The van der Waals surface area contributed by atoms with E-state index in [0.717, 1.165) is 38.0 Å². The molecule has 0 aromatic heterocycles. The van der Waals surface area contributed by atoms with E-state index < -0.39 is 10.0 Å². The zero-order chi connectivity index (χ0) is 20.1. The van der Waals surface area contributed by atoms with E-state index in [1.54, 1.807) is 4.31 Å². The third-order valence-electron chi connectivity index (χ3n) is 6.13. The molecule has 0 N–H and O–H groups in total. The Bertz CT molecular complexity index is 737. The molecule has 1 aromatic rings. The maximum absolute atomic E-state index is 12.8. The number of nitrogens with zero attached hydrogens (tertiary/aromatic N) is 3. The van der Waals surface area contributed by atoms with Crippen molar-refractivity contribution < 1.29 is 13.2 Å². The van der Waals surface area contributed by atoms with E-state index in [1.165, 1.54) is 0 Å². The normalized spacial score (nSPS) is 20.9. The molecule has 3 rings (SSSR count). The lowest BCUT2D eigenvalue weighted by Gasteiger charge is -2.35. The molecule has 0 radical (unpaired) electrons. The highest BCUT2D eigenvalue weighted by atomic mass is 32.2. The molecule has 6 nitrogen and oxygen atoms in total. The lowest BCUT2D eigenvalue weighted by molar-refractivity contribution is -0.136. The minimum absolute atomic E-state index is 0.0302. The summed E-state index contributed by atoms with van der Waals surface area (Å²) < 4.78 is 26.9. The summed E-state index contributed by atoms with van der Waals surface area (Å²) in [4.78, 5) is 17.1. The molecule has 0 aliphatic carbocycles. The average molecular weight is 408 g/mol. The maximum atomic E-state index is 12.8. The molecule has 0 saturated carbocycles. The van der Waals surface area contributed by atoms with E-state index in [-0.39, 0.29) is 17.6 Å². The molecule has 2 aliphatic rings. The van der Waals surface area contributed by atoms with Crippen LogP contribution in [0.4, 0.5) is 0 Å². The Kier molecular flexibility index (Phi) is 7.12. The predicted molar refractivity (Wildman–Crippen MR) is 111 cm³/mol. The first-order valence-electron chi connectivity index (χ1n) is 10.3. The van der Waals surface area contributed by atoms with Crippen LogP contribution >= 0.6 is 0 Å². The number of rotatable bonds is 6. The highest BCUT2D eigenvalue weighted by Crippen LogP contribution is 2.24. The second kappa shape index (κ2) is 9.37. The van der Waals surface area contributed by atoms with Crippen molar-refractivity contribution in [2.75, 3.05) is 46.8 Å². The summed E-state index contributed by atoms with van der Waals surface area (Å²) in [6.45, 7) is 3.90. The Morgan fingerprint density at radius 3 is 2.25 bits per heavy atom. The molecule has 2 heterocycles. The SMILES string of the molecule is CN1CCC(CN(C)C(=O)C2CCN(S(=O)(=O)Cc3ccccc3)CC2)CC1. The number of piperidine rings is 2. The van der Waals surface area contributed by atoms with Gasteiger partial charge in [-0.05, 0) is 57.3 Å². The van der Waals surface area contributed by atoms with Gasteiger partial charge in [-0.1, -0.05) is 30.3 Å². The number of benzene rings is 1. The molecule has 0 spiro atoms. The fraction of sp³-hybridized carbons (Fsp3) is 0.667. The van der Waals surface area contributed by atoms with Crippen molar-refractivity contribution in [1.82, 2.24) is 14.1 Å². The highest BCUT2D eigenvalue weighted by molar-refractivity contribution is 7.88. The number of carbonyl (C=O) groups is 1. The summed E-state index contributed by atoms with van der Waals surface area (Å²) in [7, 11) is 0.716. The Hall–Kier alpha value is -1.44.